The second kappa shape index (κ2) is 7.04. The van der Waals surface area contributed by atoms with Gasteiger partial charge in [0.1, 0.15) is 5.82 Å². The molecule has 1 aromatic rings. The van der Waals surface area contributed by atoms with Gasteiger partial charge in [-0.25, -0.2) is 4.98 Å². The summed E-state index contributed by atoms with van der Waals surface area (Å²) in [6.07, 6.45) is 5.88. The topological polar surface area (TPSA) is 41.1 Å². The molecule has 1 N–H and O–H groups in total. The van der Waals surface area contributed by atoms with Gasteiger partial charge in [0.15, 0.2) is 0 Å². The molecule has 1 fully saturated rings. The quantitative estimate of drug-likeness (QED) is 0.825. The standard InChI is InChI=1S/C13H24N4S/c1-3-6-12-15-13(18-16-12)17(9-4-2)10-11-7-5-8-14-11/h11,14H,3-10H2,1-2H3. The minimum atomic E-state index is 0.634. The summed E-state index contributed by atoms with van der Waals surface area (Å²) >= 11 is 1.56. The Bertz CT molecular complexity index is 347. The lowest BCUT2D eigenvalue weighted by molar-refractivity contribution is 0.577. The minimum absolute atomic E-state index is 0.634. The average Bonchev–Trinajstić information content (AvgIpc) is 3.00. The van der Waals surface area contributed by atoms with Crippen molar-refractivity contribution in [3.05, 3.63) is 5.82 Å². The van der Waals surface area contributed by atoms with Gasteiger partial charge in [-0.15, -0.1) is 0 Å². The number of hydrogen-bond acceptors (Lipinski definition) is 5. The van der Waals surface area contributed by atoms with E-state index in [-0.39, 0.29) is 0 Å². The van der Waals surface area contributed by atoms with Gasteiger partial charge < -0.3 is 10.2 Å². The van der Waals surface area contributed by atoms with Crippen LogP contribution in [0.25, 0.3) is 0 Å². The highest BCUT2D eigenvalue weighted by atomic mass is 32.1. The zero-order chi connectivity index (χ0) is 12.8. The maximum Gasteiger partial charge on any atom is 0.205 e. The molecule has 0 amide bonds. The van der Waals surface area contributed by atoms with Crippen molar-refractivity contribution >= 4 is 16.7 Å². The maximum absolute atomic E-state index is 4.67. The van der Waals surface area contributed by atoms with E-state index >= 15 is 0 Å². The monoisotopic (exact) mass is 268 g/mol. The fourth-order valence-electron chi connectivity index (χ4n) is 2.41. The molecule has 1 saturated heterocycles. The number of nitrogens with one attached hydrogen (secondary N) is 1. The molecule has 1 unspecified atom stereocenters. The van der Waals surface area contributed by atoms with Gasteiger partial charge in [-0.05, 0) is 32.2 Å². The molecule has 2 rings (SSSR count). The molecule has 1 aromatic heterocycles. The van der Waals surface area contributed by atoms with E-state index in [0.29, 0.717) is 6.04 Å². The molecule has 0 saturated carbocycles. The van der Waals surface area contributed by atoms with Gasteiger partial charge >= 0.3 is 0 Å². The molecular formula is C13H24N4S. The Morgan fingerprint density at radius 3 is 2.94 bits per heavy atom. The zero-order valence-corrected chi connectivity index (χ0v) is 12.3. The Kier molecular flexibility index (Phi) is 5.38. The summed E-state index contributed by atoms with van der Waals surface area (Å²) in [6.45, 7) is 7.73. The van der Waals surface area contributed by atoms with Crippen LogP contribution in [0, 0.1) is 0 Å². The highest BCUT2D eigenvalue weighted by molar-refractivity contribution is 7.09. The summed E-state index contributed by atoms with van der Waals surface area (Å²) in [7, 11) is 0. The third-order valence-corrected chi connectivity index (χ3v) is 4.11. The van der Waals surface area contributed by atoms with Gasteiger partial charge in [-0.1, -0.05) is 13.8 Å². The van der Waals surface area contributed by atoms with Crippen molar-refractivity contribution in [3.63, 3.8) is 0 Å². The van der Waals surface area contributed by atoms with Crippen LogP contribution in [0.15, 0.2) is 0 Å². The number of aryl methyl sites for hydroxylation is 1. The first-order chi connectivity index (χ1) is 8.83. The van der Waals surface area contributed by atoms with E-state index in [1.54, 1.807) is 11.5 Å². The van der Waals surface area contributed by atoms with E-state index in [0.717, 1.165) is 43.3 Å². The highest BCUT2D eigenvalue weighted by Crippen LogP contribution is 2.20. The van der Waals surface area contributed by atoms with Crippen molar-refractivity contribution in [2.75, 3.05) is 24.5 Å². The lowest BCUT2D eigenvalue weighted by Crippen LogP contribution is -2.38. The van der Waals surface area contributed by atoms with Crippen molar-refractivity contribution < 1.29 is 0 Å². The van der Waals surface area contributed by atoms with E-state index in [2.05, 4.69) is 33.4 Å². The van der Waals surface area contributed by atoms with E-state index in [1.165, 1.54) is 19.4 Å². The molecule has 1 aliphatic rings. The van der Waals surface area contributed by atoms with Crippen LogP contribution >= 0.6 is 11.5 Å². The lowest BCUT2D eigenvalue weighted by atomic mass is 10.2. The van der Waals surface area contributed by atoms with Gasteiger partial charge in [0.2, 0.25) is 5.13 Å². The first-order valence-corrected chi connectivity index (χ1v) is 7.91. The molecule has 18 heavy (non-hydrogen) atoms. The number of anilines is 1. The molecule has 102 valence electrons. The first-order valence-electron chi connectivity index (χ1n) is 7.14. The third kappa shape index (κ3) is 3.65. The van der Waals surface area contributed by atoms with Crippen LogP contribution in [-0.4, -0.2) is 35.0 Å². The number of hydrogen-bond donors (Lipinski definition) is 1. The van der Waals surface area contributed by atoms with Gasteiger partial charge in [0, 0.05) is 37.1 Å². The van der Waals surface area contributed by atoms with Crippen LogP contribution in [0.4, 0.5) is 5.13 Å². The fraction of sp³-hybridized carbons (Fsp3) is 0.846. The molecule has 2 heterocycles. The van der Waals surface area contributed by atoms with Crippen molar-refractivity contribution in [1.29, 1.82) is 0 Å². The number of nitrogens with zero attached hydrogens (tertiary/aromatic N) is 3. The summed E-state index contributed by atoms with van der Waals surface area (Å²) in [6, 6.07) is 0.634. The lowest BCUT2D eigenvalue weighted by Gasteiger charge is -2.24. The van der Waals surface area contributed by atoms with Crippen LogP contribution in [-0.2, 0) is 6.42 Å². The third-order valence-electron chi connectivity index (χ3n) is 3.30. The minimum Gasteiger partial charge on any atom is -0.345 e. The second-order valence-electron chi connectivity index (χ2n) is 4.98. The normalized spacial score (nSPS) is 19.3. The van der Waals surface area contributed by atoms with E-state index in [9.17, 15) is 0 Å². The smallest absolute Gasteiger partial charge is 0.205 e. The van der Waals surface area contributed by atoms with Gasteiger partial charge in [0.05, 0.1) is 0 Å². The van der Waals surface area contributed by atoms with Crippen molar-refractivity contribution in [1.82, 2.24) is 14.7 Å². The SMILES string of the molecule is CCCc1nsc(N(CCC)CC2CCCN2)n1. The van der Waals surface area contributed by atoms with Crippen LogP contribution < -0.4 is 10.2 Å². The van der Waals surface area contributed by atoms with Crippen LogP contribution in [0.5, 0.6) is 0 Å². The molecular weight excluding hydrogens is 244 g/mol. The van der Waals surface area contributed by atoms with Crippen LogP contribution in [0.1, 0.15) is 45.4 Å². The highest BCUT2D eigenvalue weighted by Gasteiger charge is 2.19. The Balaban J connectivity index is 1.97. The van der Waals surface area contributed by atoms with Crippen LogP contribution in [0.3, 0.4) is 0 Å². The van der Waals surface area contributed by atoms with Gasteiger partial charge in [-0.3, -0.25) is 0 Å². The Labute approximate surface area is 114 Å². The van der Waals surface area contributed by atoms with Crippen molar-refractivity contribution in [2.24, 2.45) is 0 Å². The zero-order valence-electron chi connectivity index (χ0n) is 11.5. The van der Waals surface area contributed by atoms with E-state index < -0.39 is 0 Å². The molecule has 4 nitrogen and oxygen atoms in total. The van der Waals surface area contributed by atoms with Gasteiger partial charge in [-0.2, -0.15) is 4.37 Å². The molecule has 1 aliphatic heterocycles. The molecule has 0 spiro atoms. The molecule has 0 bridgehead atoms. The Morgan fingerprint density at radius 2 is 2.28 bits per heavy atom. The summed E-state index contributed by atoms with van der Waals surface area (Å²) < 4.78 is 4.45. The Hall–Kier alpha value is -0.680. The Morgan fingerprint density at radius 1 is 1.39 bits per heavy atom. The number of rotatable bonds is 7. The molecule has 0 aromatic carbocycles. The summed E-state index contributed by atoms with van der Waals surface area (Å²) in [5.74, 6) is 1.01. The molecule has 1 atom stereocenters. The van der Waals surface area contributed by atoms with E-state index in [4.69, 9.17) is 0 Å². The van der Waals surface area contributed by atoms with E-state index in [1.807, 2.05) is 0 Å². The molecule has 0 aliphatic carbocycles. The maximum atomic E-state index is 4.67. The number of aromatic nitrogens is 2. The molecule has 5 heteroatoms. The second-order valence-corrected chi connectivity index (χ2v) is 5.71. The predicted molar refractivity (Wildman–Crippen MR) is 77.4 cm³/mol. The van der Waals surface area contributed by atoms with Gasteiger partial charge in [0.25, 0.3) is 0 Å². The largest absolute Gasteiger partial charge is 0.345 e. The predicted octanol–water partition coefficient (Wildman–Crippen LogP) is 2.46. The average molecular weight is 268 g/mol. The summed E-state index contributed by atoms with van der Waals surface area (Å²) in [5, 5.41) is 4.67. The summed E-state index contributed by atoms with van der Waals surface area (Å²) in [4.78, 5) is 7.07. The van der Waals surface area contributed by atoms with Crippen LogP contribution in [0.2, 0.25) is 0 Å². The summed E-state index contributed by atoms with van der Waals surface area (Å²) in [5.41, 5.74) is 0. The fourth-order valence-corrected chi connectivity index (χ4v) is 3.16. The van der Waals surface area contributed by atoms with Crippen molar-refractivity contribution in [3.8, 4) is 0 Å². The molecule has 0 radical (unpaired) electrons. The first kappa shape index (κ1) is 13.7. The van der Waals surface area contributed by atoms with Crippen molar-refractivity contribution in [2.45, 2.75) is 52.0 Å².